The fourth-order valence-electron chi connectivity index (χ4n) is 6.92. The monoisotopic (exact) mass is 875 g/mol. The number of carbonyl (C=O) groups is 4. The third kappa shape index (κ3) is 10.2. The Morgan fingerprint density at radius 2 is 1.24 bits per heavy atom. The molecule has 20 heteroatoms. The van der Waals surface area contributed by atoms with Crippen LogP contribution in [0.25, 0.3) is 22.1 Å². The lowest BCUT2D eigenvalue weighted by atomic mass is 10.1. The summed E-state index contributed by atoms with van der Waals surface area (Å²) in [6.07, 6.45) is -5.08. The van der Waals surface area contributed by atoms with Crippen molar-refractivity contribution < 1.29 is 42.2 Å². The van der Waals surface area contributed by atoms with Gasteiger partial charge in [-0.05, 0) is 83.9 Å². The Balaban J connectivity index is 0.000000985. The molecule has 0 spiro atoms. The van der Waals surface area contributed by atoms with Crippen LogP contribution in [0.3, 0.4) is 0 Å². The van der Waals surface area contributed by atoms with E-state index in [0.29, 0.717) is 77.9 Å². The minimum Gasteiger partial charge on any atom is -0.491 e. The number of aromatic nitrogens is 8. The molecule has 0 radical (unpaired) electrons. The van der Waals surface area contributed by atoms with E-state index in [4.69, 9.17) is 25.4 Å². The maximum Gasteiger partial charge on any atom is 0.490 e. The van der Waals surface area contributed by atoms with E-state index in [9.17, 15) is 27.6 Å². The molecule has 4 heterocycles. The molecule has 336 valence electrons. The zero-order valence-electron chi connectivity index (χ0n) is 36.9. The number of para-hydroxylation sites is 2. The van der Waals surface area contributed by atoms with Crippen molar-refractivity contribution in [1.29, 1.82) is 0 Å². The van der Waals surface area contributed by atoms with E-state index in [1.807, 2.05) is 100 Å². The predicted octanol–water partition coefficient (Wildman–Crippen LogP) is 5.61. The summed E-state index contributed by atoms with van der Waals surface area (Å²) in [5.74, 6) is -3.53. The van der Waals surface area contributed by atoms with Crippen LogP contribution in [-0.4, -0.2) is 79.4 Å². The van der Waals surface area contributed by atoms with Crippen LogP contribution in [0.1, 0.15) is 84.3 Å². The van der Waals surface area contributed by atoms with Gasteiger partial charge in [-0.25, -0.2) is 4.79 Å². The first kappa shape index (κ1) is 47.1. The number of rotatable bonds is 12. The third-order valence-corrected chi connectivity index (χ3v) is 10.2. The summed E-state index contributed by atoms with van der Waals surface area (Å²) in [7, 11) is 3.71. The number of halogens is 3. The highest BCUT2D eigenvalue weighted by Crippen LogP contribution is 2.29. The lowest BCUT2D eigenvalue weighted by Crippen LogP contribution is -2.28. The van der Waals surface area contributed by atoms with Crippen molar-refractivity contribution in [3.63, 3.8) is 0 Å². The van der Waals surface area contributed by atoms with E-state index in [-0.39, 0.29) is 17.4 Å². The number of nitrogens with two attached hydrogens (primary N) is 1. The first-order valence-corrected chi connectivity index (χ1v) is 20.1. The van der Waals surface area contributed by atoms with Gasteiger partial charge in [0.2, 0.25) is 17.1 Å². The molecule has 0 aliphatic carbocycles. The van der Waals surface area contributed by atoms with Gasteiger partial charge in [0.1, 0.15) is 22.7 Å². The van der Waals surface area contributed by atoms with Gasteiger partial charge < -0.3 is 33.8 Å². The summed E-state index contributed by atoms with van der Waals surface area (Å²) in [5, 5.41) is 16.0. The normalized spacial score (nSPS) is 12.9. The Labute approximate surface area is 360 Å². The van der Waals surface area contributed by atoms with Gasteiger partial charge in [0, 0.05) is 45.8 Å². The van der Waals surface area contributed by atoms with Crippen molar-refractivity contribution >= 4 is 45.8 Å². The Morgan fingerprint density at radius 3 is 1.70 bits per heavy atom. The van der Waals surface area contributed by atoms with Gasteiger partial charge in [-0.1, -0.05) is 37.1 Å². The second kappa shape index (κ2) is 19.0. The standard InChI is InChI=1S/C41H51N11O4.C2HF3O2/c1-11-51-33(17-27(7)45-51)38(54)43-40-47(9)30-15-13-14-16-31(30)49(40)21-25(5)26(6)22-50-36-32(19-29(37(42)53)20-35(36)56-23-24(3)4)48(10)41(50)44-39(55)34-18-28(8)46-52(34)12-2;3-2(4,5)1(6)7/h13-20,24H,11-12,21-23H2,1-10H3,(H2,42,53);(H,6,7)/b26-25+,43-40+,44-41+;. The molecule has 0 aliphatic rings. The number of fused-ring (bicyclic) bond motifs is 2. The number of carboxylic acid groups (broad SMARTS) is 1. The van der Waals surface area contributed by atoms with E-state index >= 15 is 0 Å². The second-order valence-electron chi connectivity index (χ2n) is 15.5. The molecule has 63 heavy (non-hydrogen) atoms. The number of carbonyl (C=O) groups excluding carboxylic acids is 3. The molecule has 0 atom stereocenters. The van der Waals surface area contributed by atoms with E-state index in [1.54, 1.807) is 45.2 Å². The lowest BCUT2D eigenvalue weighted by molar-refractivity contribution is -0.192. The number of alkyl halides is 3. The summed E-state index contributed by atoms with van der Waals surface area (Å²) in [4.78, 5) is 58.4. The molecule has 0 saturated heterocycles. The van der Waals surface area contributed by atoms with Crippen LogP contribution >= 0.6 is 0 Å². The molecular weight excluding hydrogens is 824 g/mol. The number of benzene rings is 2. The molecule has 2 aromatic carbocycles. The van der Waals surface area contributed by atoms with E-state index in [0.717, 1.165) is 27.9 Å². The van der Waals surface area contributed by atoms with Gasteiger partial charge in [0.15, 0.2) is 0 Å². The number of ether oxygens (including phenoxy) is 1. The topological polar surface area (TPSA) is 204 Å². The van der Waals surface area contributed by atoms with Crippen LogP contribution in [0.15, 0.2) is 69.7 Å². The number of hydrogen-bond donors (Lipinski definition) is 2. The van der Waals surface area contributed by atoms with E-state index in [1.165, 1.54) is 0 Å². The van der Waals surface area contributed by atoms with Gasteiger partial charge in [0.25, 0.3) is 11.8 Å². The molecule has 17 nitrogen and oxygen atoms in total. The SMILES string of the molecule is CCn1nc(C)cc1C(=O)/N=c1\n(C)c2ccccc2n1C/C(C)=C(\C)Cn1/c(=N/C(=O)c2cc(C)nn2CC)n(C)c2cc(C(N)=O)cc(OCC(C)C)c21.O=C(O)C(F)(F)F. The van der Waals surface area contributed by atoms with Crippen molar-refractivity contribution in [3.8, 4) is 5.75 Å². The lowest BCUT2D eigenvalue weighted by Gasteiger charge is -2.15. The highest BCUT2D eigenvalue weighted by molar-refractivity contribution is 5.99. The Bertz CT molecular complexity index is 2920. The number of imidazole rings is 2. The molecule has 0 saturated carbocycles. The molecule has 6 aromatic rings. The van der Waals surface area contributed by atoms with Crippen molar-refractivity contribution in [2.24, 2.45) is 35.7 Å². The average Bonchev–Trinajstić information content (AvgIpc) is 3.95. The summed E-state index contributed by atoms with van der Waals surface area (Å²) in [5.41, 5.74) is 14.3. The molecule has 6 rings (SSSR count). The number of aliphatic carboxylic acids is 1. The van der Waals surface area contributed by atoms with Crippen LogP contribution in [0, 0.1) is 19.8 Å². The first-order chi connectivity index (χ1) is 29.6. The zero-order chi connectivity index (χ0) is 46.7. The summed E-state index contributed by atoms with van der Waals surface area (Å²) >= 11 is 0. The number of carboxylic acids is 1. The molecule has 0 fully saturated rings. The number of hydrogen-bond acceptors (Lipinski definition) is 7. The fourth-order valence-corrected chi connectivity index (χ4v) is 6.92. The number of amides is 3. The highest BCUT2D eigenvalue weighted by atomic mass is 19.4. The van der Waals surface area contributed by atoms with Gasteiger partial charge in [-0.15, -0.1) is 0 Å². The quantitative estimate of drug-likeness (QED) is 0.148. The molecule has 0 unspecified atom stereocenters. The minimum absolute atomic E-state index is 0.197. The molecule has 3 N–H and O–H groups in total. The van der Waals surface area contributed by atoms with E-state index < -0.39 is 24.0 Å². The van der Waals surface area contributed by atoms with Crippen molar-refractivity contribution in [3.05, 3.63) is 99.3 Å². The molecule has 0 bridgehead atoms. The van der Waals surface area contributed by atoms with Crippen molar-refractivity contribution in [1.82, 2.24) is 37.8 Å². The van der Waals surface area contributed by atoms with Crippen molar-refractivity contribution in [2.75, 3.05) is 6.61 Å². The maximum absolute atomic E-state index is 13.9. The van der Waals surface area contributed by atoms with E-state index in [2.05, 4.69) is 15.2 Å². The number of primary amides is 1. The molecule has 3 amide bonds. The summed E-state index contributed by atoms with van der Waals surface area (Å²) < 4.78 is 49.1. The summed E-state index contributed by atoms with van der Waals surface area (Å²) in [6, 6.07) is 14.8. The molecule has 4 aromatic heterocycles. The minimum atomic E-state index is -5.08. The maximum atomic E-state index is 13.9. The number of aryl methyl sites for hydroxylation is 6. The first-order valence-electron chi connectivity index (χ1n) is 20.1. The number of nitrogens with zero attached hydrogens (tertiary/aromatic N) is 10. The van der Waals surface area contributed by atoms with Gasteiger partial charge >= 0.3 is 12.1 Å². The van der Waals surface area contributed by atoms with Gasteiger partial charge in [-0.3, -0.25) is 23.7 Å². The predicted molar refractivity (Wildman–Crippen MR) is 228 cm³/mol. The largest absolute Gasteiger partial charge is 0.491 e. The Hall–Kier alpha value is -6.99. The molecular formula is C43H52F3N11O6. The third-order valence-electron chi connectivity index (χ3n) is 10.2. The van der Waals surface area contributed by atoms with Crippen LogP contribution < -0.4 is 21.7 Å². The average molecular weight is 876 g/mol. The second-order valence-corrected chi connectivity index (χ2v) is 15.5. The smallest absolute Gasteiger partial charge is 0.490 e. The Kier molecular flexibility index (Phi) is 14.2. The highest BCUT2D eigenvalue weighted by Gasteiger charge is 2.38. The summed E-state index contributed by atoms with van der Waals surface area (Å²) in [6.45, 7) is 17.9. The van der Waals surface area contributed by atoms with Crippen LogP contribution in [0.2, 0.25) is 0 Å². The van der Waals surface area contributed by atoms with Gasteiger partial charge in [-0.2, -0.15) is 33.4 Å². The molecule has 0 aliphatic heterocycles. The van der Waals surface area contributed by atoms with Crippen LogP contribution in [-0.2, 0) is 45.1 Å². The van der Waals surface area contributed by atoms with Crippen LogP contribution in [0.4, 0.5) is 13.2 Å². The van der Waals surface area contributed by atoms with Crippen LogP contribution in [0.5, 0.6) is 5.75 Å². The zero-order valence-corrected chi connectivity index (χ0v) is 36.9. The van der Waals surface area contributed by atoms with Crippen molar-refractivity contribution in [2.45, 2.75) is 87.7 Å². The Morgan fingerprint density at radius 1 is 0.778 bits per heavy atom. The fraction of sp³-hybridized carbons (Fsp3) is 0.395. The van der Waals surface area contributed by atoms with Gasteiger partial charge in [0.05, 0.1) is 34.5 Å². The number of allylic oxidation sites excluding steroid dienone is 2.